The molecule has 4 nitrogen and oxygen atoms in total. The van der Waals surface area contributed by atoms with Gasteiger partial charge in [-0.25, -0.2) is 0 Å². The Hall–Kier alpha value is 0.160. The number of hydrogen-bond acceptors (Lipinski definition) is 3. The van der Waals surface area contributed by atoms with Gasteiger partial charge >= 0.3 is 9.33 Å². The average molecular weight is 181 g/mol. The van der Waals surface area contributed by atoms with Gasteiger partial charge in [-0.1, -0.05) is 0 Å². The van der Waals surface area contributed by atoms with E-state index in [9.17, 15) is 0 Å². The quantitative estimate of drug-likeness (QED) is 0.334. The Morgan fingerprint density at radius 3 is 1.50 bits per heavy atom. The maximum absolute atomic E-state index is 8.95. The van der Waals surface area contributed by atoms with Gasteiger partial charge in [0.1, 0.15) is 0 Å². The van der Waals surface area contributed by atoms with E-state index >= 15 is 0 Å². The highest BCUT2D eigenvalue weighted by atomic mass is 35.7. The fourth-order valence-electron chi connectivity index (χ4n) is 0. The molecule has 0 unspecified atom stereocenters. The second-order valence-corrected chi connectivity index (χ2v) is 2.67. The molecule has 7 heteroatoms. The Labute approximate surface area is 55.6 Å². The summed E-state index contributed by atoms with van der Waals surface area (Å²) in [6.07, 6.45) is 0. The summed E-state index contributed by atoms with van der Waals surface area (Å²) in [6, 6.07) is 0. The number of carbonyl (C=O) groups is 1. The monoisotopic (exact) mass is 180 g/mol. The van der Waals surface area contributed by atoms with E-state index in [0.717, 1.165) is 0 Å². The van der Waals surface area contributed by atoms with Gasteiger partial charge in [0.05, 0.1) is 0 Å². The molecule has 0 aliphatic carbocycles. The van der Waals surface area contributed by atoms with Gasteiger partial charge in [-0.2, -0.15) is 8.42 Å². The Morgan fingerprint density at radius 2 is 1.50 bits per heavy atom. The highest BCUT2D eigenvalue weighted by Crippen LogP contribution is 1.82. The van der Waals surface area contributed by atoms with Gasteiger partial charge in [0.15, 0.2) is 0 Å². The molecule has 0 heterocycles. The lowest BCUT2D eigenvalue weighted by Gasteiger charge is -1.65. The molecule has 0 aliphatic heterocycles. The normalized spacial score (nSPS) is 8.88. The van der Waals surface area contributed by atoms with E-state index < -0.39 is 9.33 Å². The predicted molar refractivity (Wildman–Crippen MR) is 30.0 cm³/mol. The molecule has 8 heavy (non-hydrogen) atoms. The van der Waals surface area contributed by atoms with Crippen LogP contribution in [0, 0.1) is 0 Å². The molecule has 0 saturated heterocycles. The molecule has 0 fully saturated rings. The molecule has 0 bridgehead atoms. The van der Waals surface area contributed by atoms with Crippen molar-refractivity contribution in [3.05, 3.63) is 0 Å². The maximum atomic E-state index is 8.95. The molecule has 0 aliphatic rings. The molecule has 0 spiro atoms. The fourth-order valence-corrected chi connectivity index (χ4v) is 0. The van der Waals surface area contributed by atoms with Gasteiger partial charge < -0.3 is 0 Å². The van der Waals surface area contributed by atoms with Gasteiger partial charge in [-0.15, -0.1) is 0 Å². The number of hydrogen-bond donors (Lipinski definition) is 1. The minimum absolute atomic E-state index is 0.222. The van der Waals surface area contributed by atoms with Crippen molar-refractivity contribution >= 4 is 37.4 Å². The van der Waals surface area contributed by atoms with Crippen LogP contribution in [0.4, 0.5) is 0 Å². The van der Waals surface area contributed by atoms with Crippen molar-refractivity contribution < 1.29 is 17.8 Å². The SMILES string of the molecule is O=CCl.O=S(=O)(O)Cl. The minimum atomic E-state index is -4.19. The van der Waals surface area contributed by atoms with E-state index in [2.05, 4.69) is 22.3 Å². The highest BCUT2D eigenvalue weighted by Gasteiger charge is 1.86. The zero-order valence-corrected chi connectivity index (χ0v) is 5.74. The predicted octanol–water partition coefficient (Wildman–Crippen LogP) is 0.443. The zero-order chi connectivity index (χ0) is 7.21. The summed E-state index contributed by atoms with van der Waals surface area (Å²) in [4.78, 5) is 8.57. The van der Waals surface area contributed by atoms with Crippen molar-refractivity contribution in [2.75, 3.05) is 0 Å². The third-order valence-corrected chi connectivity index (χ3v) is 0. The van der Waals surface area contributed by atoms with Crippen LogP contribution in [0.1, 0.15) is 0 Å². The van der Waals surface area contributed by atoms with Crippen LogP contribution in [0.2, 0.25) is 0 Å². The van der Waals surface area contributed by atoms with E-state index in [-0.39, 0.29) is 5.75 Å². The van der Waals surface area contributed by atoms with Gasteiger partial charge in [0.2, 0.25) is 5.75 Å². The van der Waals surface area contributed by atoms with Gasteiger partial charge in [-0.3, -0.25) is 9.35 Å². The largest absolute Gasteiger partial charge is 0.353 e. The second kappa shape index (κ2) is 5.30. The van der Waals surface area contributed by atoms with Crippen molar-refractivity contribution in [3.8, 4) is 0 Å². The number of carbonyl (C=O) groups excluding carboxylic acids is 1. The van der Waals surface area contributed by atoms with Crippen LogP contribution in [0.5, 0.6) is 0 Å². The summed E-state index contributed by atoms with van der Waals surface area (Å²) in [6.45, 7) is 0. The molecule has 0 amide bonds. The first kappa shape index (κ1) is 11.0. The molecule has 0 aromatic rings. The Morgan fingerprint density at radius 1 is 1.50 bits per heavy atom. The standard InChI is InChI=1S/CHClO.ClHO3S/c2-1-3;1-5(2,3)4/h1H;(H,2,3,4). The third kappa shape index (κ3) is 6410. The Kier molecular flexibility index (Phi) is 7.30. The highest BCUT2D eigenvalue weighted by molar-refractivity contribution is 8.09. The molecule has 0 aromatic heterocycles. The van der Waals surface area contributed by atoms with Crippen LogP contribution in [0.15, 0.2) is 0 Å². The molecule has 0 rings (SSSR count). The van der Waals surface area contributed by atoms with E-state index in [1.165, 1.54) is 0 Å². The molecular weight excluding hydrogens is 179 g/mol. The maximum Gasteiger partial charge on any atom is 0.353 e. The van der Waals surface area contributed by atoms with Crippen LogP contribution in [0.3, 0.4) is 0 Å². The van der Waals surface area contributed by atoms with Crippen LogP contribution >= 0.6 is 22.3 Å². The first-order valence-electron chi connectivity index (χ1n) is 1.12. The van der Waals surface area contributed by atoms with Gasteiger partial charge in [0, 0.05) is 10.7 Å². The lowest BCUT2D eigenvalue weighted by atomic mass is 11.8. The zero-order valence-electron chi connectivity index (χ0n) is 3.41. The summed E-state index contributed by atoms with van der Waals surface area (Å²) in [5.41, 5.74) is 0. The first-order valence-corrected chi connectivity index (χ1v) is 3.83. The van der Waals surface area contributed by atoms with Crippen molar-refractivity contribution in [3.63, 3.8) is 0 Å². The summed E-state index contributed by atoms with van der Waals surface area (Å²) < 4.78 is 25.2. The van der Waals surface area contributed by atoms with Crippen molar-refractivity contribution in [2.45, 2.75) is 0 Å². The third-order valence-electron chi connectivity index (χ3n) is 0. The summed E-state index contributed by atoms with van der Waals surface area (Å²) in [5.74, 6) is 0.222. The van der Waals surface area contributed by atoms with E-state index in [1.54, 1.807) is 0 Å². The fraction of sp³-hybridized carbons (Fsp3) is 0. The molecule has 0 aromatic carbocycles. The van der Waals surface area contributed by atoms with Crippen LogP contribution in [-0.2, 0) is 14.1 Å². The van der Waals surface area contributed by atoms with Crippen molar-refractivity contribution in [2.24, 2.45) is 0 Å². The molecule has 0 saturated carbocycles. The summed E-state index contributed by atoms with van der Waals surface area (Å²) >= 11 is 4.32. The molecule has 50 valence electrons. The van der Waals surface area contributed by atoms with Crippen LogP contribution in [0.25, 0.3) is 0 Å². The first-order chi connectivity index (χ1) is 3.41. The second-order valence-electron chi connectivity index (χ2n) is 0.501. The van der Waals surface area contributed by atoms with E-state index in [4.69, 9.17) is 17.8 Å². The molecular formula is CH2Cl2O4S. The number of rotatable bonds is 0. The Balaban J connectivity index is 0. The summed E-state index contributed by atoms with van der Waals surface area (Å²) in [5, 5.41) is 0. The van der Waals surface area contributed by atoms with Crippen LogP contribution in [-0.4, -0.2) is 18.7 Å². The van der Waals surface area contributed by atoms with E-state index in [0.29, 0.717) is 0 Å². The molecule has 1 N–H and O–H groups in total. The summed E-state index contributed by atoms with van der Waals surface area (Å²) in [7, 11) is -0.137. The van der Waals surface area contributed by atoms with Gasteiger partial charge in [-0.05, 0) is 11.6 Å². The topological polar surface area (TPSA) is 71.4 Å². The minimum Gasteiger partial charge on any atom is -0.285 e. The van der Waals surface area contributed by atoms with Gasteiger partial charge in [0.25, 0.3) is 0 Å². The van der Waals surface area contributed by atoms with E-state index in [1.807, 2.05) is 0 Å². The lowest BCUT2D eigenvalue weighted by Crippen LogP contribution is -1.77. The lowest BCUT2D eigenvalue weighted by molar-refractivity contribution is 0.501. The number of halogens is 2. The smallest absolute Gasteiger partial charge is 0.285 e. The Bertz CT molecular complexity index is 128. The van der Waals surface area contributed by atoms with Crippen molar-refractivity contribution in [1.29, 1.82) is 0 Å². The van der Waals surface area contributed by atoms with Crippen LogP contribution < -0.4 is 0 Å². The molecule has 0 radical (unpaired) electrons. The van der Waals surface area contributed by atoms with Crippen molar-refractivity contribution in [1.82, 2.24) is 0 Å². The molecule has 0 atom stereocenters. The average Bonchev–Trinajstić information content (AvgIpc) is 1.27.